The molecule has 0 saturated carbocycles. The number of carbonyl (C=O) groups excluding carboxylic acids is 2. The Balaban J connectivity index is 2.36. The molecule has 0 bridgehead atoms. The number of sulfonamides is 1. The van der Waals surface area contributed by atoms with Crippen LogP contribution < -0.4 is 16.0 Å². The third kappa shape index (κ3) is 6.74. The van der Waals surface area contributed by atoms with E-state index in [9.17, 15) is 18.0 Å². The van der Waals surface area contributed by atoms with Crippen molar-refractivity contribution in [3.05, 3.63) is 0 Å². The Morgan fingerprint density at radius 1 is 1.17 bits per heavy atom. The highest BCUT2D eigenvalue weighted by molar-refractivity contribution is 7.88. The Kier molecular flexibility index (Phi) is 7.27. The van der Waals surface area contributed by atoms with Gasteiger partial charge in [0.2, 0.25) is 15.9 Å². The lowest BCUT2D eigenvalue weighted by Crippen LogP contribution is -2.53. The van der Waals surface area contributed by atoms with Gasteiger partial charge in [-0.3, -0.25) is 4.79 Å². The highest BCUT2D eigenvalue weighted by Crippen LogP contribution is 2.12. The highest BCUT2D eigenvalue weighted by Gasteiger charge is 2.26. The molecule has 0 aromatic rings. The summed E-state index contributed by atoms with van der Waals surface area (Å²) in [6.07, 6.45) is 3.14. The second kappa shape index (κ2) is 8.49. The molecule has 8 nitrogen and oxygen atoms in total. The topological polar surface area (TPSA) is 108 Å². The van der Waals surface area contributed by atoms with Crippen LogP contribution in [0.2, 0.25) is 0 Å². The van der Waals surface area contributed by atoms with Crippen LogP contribution in [-0.2, 0) is 14.8 Å². The maximum absolute atomic E-state index is 11.9. The average Bonchev–Trinajstić information content (AvgIpc) is 2.46. The normalized spacial score (nSPS) is 19.7. The van der Waals surface area contributed by atoms with E-state index in [0.717, 1.165) is 6.42 Å². The van der Waals surface area contributed by atoms with Crippen molar-refractivity contribution in [2.45, 2.75) is 58.2 Å². The molecule has 3 amide bonds. The fourth-order valence-corrected chi connectivity index (χ4v) is 3.17. The van der Waals surface area contributed by atoms with E-state index in [0.29, 0.717) is 25.9 Å². The standard InChI is InChI=1S/C14H28N4O4S/c1-5-10(2)15-13(19)11(3)16-14(20)17-12-6-8-18(9-7-12)23(4,21)22/h10-12H,5-9H2,1-4H3,(H,15,19)(H2,16,17,20)/t10-,11-/m1/s1. The van der Waals surface area contributed by atoms with Crippen molar-refractivity contribution >= 4 is 22.0 Å². The number of hydrogen-bond donors (Lipinski definition) is 3. The number of piperidine rings is 1. The molecule has 3 N–H and O–H groups in total. The summed E-state index contributed by atoms with van der Waals surface area (Å²) in [7, 11) is -3.17. The average molecular weight is 348 g/mol. The van der Waals surface area contributed by atoms with Crippen LogP contribution in [0.3, 0.4) is 0 Å². The first-order valence-electron chi connectivity index (χ1n) is 7.96. The van der Waals surface area contributed by atoms with Gasteiger partial charge in [0.25, 0.3) is 0 Å². The van der Waals surface area contributed by atoms with Gasteiger partial charge >= 0.3 is 6.03 Å². The van der Waals surface area contributed by atoms with E-state index in [1.165, 1.54) is 10.6 Å². The molecule has 1 saturated heterocycles. The second-order valence-electron chi connectivity index (χ2n) is 6.09. The molecule has 1 fully saturated rings. The van der Waals surface area contributed by atoms with Gasteiger partial charge in [-0.25, -0.2) is 17.5 Å². The third-order valence-corrected chi connectivity index (χ3v) is 5.30. The fraction of sp³-hybridized carbons (Fsp3) is 0.857. The lowest BCUT2D eigenvalue weighted by Gasteiger charge is -2.30. The van der Waals surface area contributed by atoms with Gasteiger partial charge in [-0.15, -0.1) is 0 Å². The molecule has 9 heteroatoms. The zero-order chi connectivity index (χ0) is 17.6. The largest absolute Gasteiger partial charge is 0.352 e. The molecule has 23 heavy (non-hydrogen) atoms. The van der Waals surface area contributed by atoms with E-state index in [1.807, 2.05) is 13.8 Å². The minimum Gasteiger partial charge on any atom is -0.352 e. The van der Waals surface area contributed by atoms with Gasteiger partial charge in [-0.05, 0) is 33.1 Å². The van der Waals surface area contributed by atoms with Gasteiger partial charge < -0.3 is 16.0 Å². The zero-order valence-corrected chi connectivity index (χ0v) is 15.1. The molecular formula is C14H28N4O4S. The van der Waals surface area contributed by atoms with Gasteiger partial charge in [0.15, 0.2) is 0 Å². The minimum absolute atomic E-state index is 0.0649. The first-order valence-corrected chi connectivity index (χ1v) is 9.80. The maximum Gasteiger partial charge on any atom is 0.315 e. The van der Waals surface area contributed by atoms with Crippen molar-refractivity contribution in [3.8, 4) is 0 Å². The van der Waals surface area contributed by atoms with Crippen LogP contribution in [0.5, 0.6) is 0 Å². The molecule has 2 atom stereocenters. The SMILES string of the molecule is CC[C@@H](C)NC(=O)[C@@H](C)NC(=O)NC1CCN(S(C)(=O)=O)CC1. The van der Waals surface area contributed by atoms with E-state index in [2.05, 4.69) is 16.0 Å². The van der Waals surface area contributed by atoms with E-state index in [1.54, 1.807) is 6.92 Å². The van der Waals surface area contributed by atoms with Crippen molar-refractivity contribution < 1.29 is 18.0 Å². The molecule has 0 radical (unpaired) electrons. The molecule has 0 aromatic heterocycles. The van der Waals surface area contributed by atoms with Crippen molar-refractivity contribution in [2.75, 3.05) is 19.3 Å². The van der Waals surface area contributed by atoms with Crippen molar-refractivity contribution in [3.63, 3.8) is 0 Å². The predicted octanol–water partition coefficient (Wildman–Crippen LogP) is 0.0128. The first-order chi connectivity index (χ1) is 10.6. The molecular weight excluding hydrogens is 320 g/mol. The monoisotopic (exact) mass is 348 g/mol. The van der Waals surface area contributed by atoms with Gasteiger partial charge in [0.1, 0.15) is 6.04 Å². The summed E-state index contributed by atoms with van der Waals surface area (Å²) in [6.45, 7) is 6.30. The van der Waals surface area contributed by atoms with E-state index < -0.39 is 22.1 Å². The van der Waals surface area contributed by atoms with Crippen molar-refractivity contribution in [1.29, 1.82) is 0 Å². The highest BCUT2D eigenvalue weighted by atomic mass is 32.2. The molecule has 1 heterocycles. The van der Waals surface area contributed by atoms with Gasteiger partial charge in [0, 0.05) is 25.2 Å². The quantitative estimate of drug-likeness (QED) is 0.628. The summed E-state index contributed by atoms with van der Waals surface area (Å²) in [5.41, 5.74) is 0. The Bertz CT molecular complexity index is 515. The molecule has 0 spiro atoms. The van der Waals surface area contributed by atoms with Gasteiger partial charge in [-0.2, -0.15) is 0 Å². The Hall–Kier alpha value is -1.35. The van der Waals surface area contributed by atoms with Crippen LogP contribution >= 0.6 is 0 Å². The summed E-state index contributed by atoms with van der Waals surface area (Å²) in [5.74, 6) is -0.221. The Morgan fingerprint density at radius 3 is 2.22 bits per heavy atom. The number of amides is 3. The number of nitrogens with one attached hydrogen (secondary N) is 3. The van der Waals surface area contributed by atoms with Gasteiger partial charge in [-0.1, -0.05) is 6.92 Å². The van der Waals surface area contributed by atoms with E-state index >= 15 is 0 Å². The van der Waals surface area contributed by atoms with E-state index in [4.69, 9.17) is 0 Å². The number of nitrogens with zero attached hydrogens (tertiary/aromatic N) is 1. The fourth-order valence-electron chi connectivity index (χ4n) is 2.29. The van der Waals surface area contributed by atoms with Crippen LogP contribution in [-0.4, -0.2) is 62.1 Å². The Morgan fingerprint density at radius 2 is 1.74 bits per heavy atom. The number of carbonyl (C=O) groups is 2. The van der Waals surface area contributed by atoms with Crippen LogP contribution in [0.25, 0.3) is 0 Å². The molecule has 134 valence electrons. The first kappa shape index (κ1) is 19.7. The zero-order valence-electron chi connectivity index (χ0n) is 14.3. The van der Waals surface area contributed by atoms with Crippen molar-refractivity contribution in [2.24, 2.45) is 0 Å². The van der Waals surface area contributed by atoms with Gasteiger partial charge in [0.05, 0.1) is 6.26 Å². The summed E-state index contributed by atoms with van der Waals surface area (Å²) in [4.78, 5) is 23.8. The van der Waals surface area contributed by atoms with Crippen LogP contribution in [0.1, 0.15) is 40.0 Å². The maximum atomic E-state index is 11.9. The third-order valence-electron chi connectivity index (χ3n) is 4.00. The van der Waals surface area contributed by atoms with Crippen molar-refractivity contribution in [1.82, 2.24) is 20.3 Å². The van der Waals surface area contributed by atoms with Crippen LogP contribution in [0, 0.1) is 0 Å². The van der Waals surface area contributed by atoms with E-state index in [-0.39, 0.29) is 18.0 Å². The molecule has 1 rings (SSSR count). The lowest BCUT2D eigenvalue weighted by atomic mass is 10.1. The van der Waals surface area contributed by atoms with Crippen LogP contribution in [0.4, 0.5) is 4.79 Å². The molecule has 1 aliphatic rings. The summed E-state index contributed by atoms with van der Waals surface area (Å²) >= 11 is 0. The molecule has 1 aliphatic heterocycles. The summed E-state index contributed by atoms with van der Waals surface area (Å²) in [6, 6.07) is -1.05. The number of urea groups is 1. The summed E-state index contributed by atoms with van der Waals surface area (Å²) in [5, 5.41) is 8.20. The number of rotatable bonds is 6. The summed E-state index contributed by atoms with van der Waals surface area (Å²) < 4.78 is 24.3. The second-order valence-corrected chi connectivity index (χ2v) is 8.08. The molecule has 0 unspecified atom stereocenters. The number of hydrogen-bond acceptors (Lipinski definition) is 4. The van der Waals surface area contributed by atoms with Crippen LogP contribution in [0.15, 0.2) is 0 Å². The smallest absolute Gasteiger partial charge is 0.315 e. The minimum atomic E-state index is -3.17. The molecule has 0 aromatic carbocycles. The Labute approximate surface area is 138 Å². The predicted molar refractivity (Wildman–Crippen MR) is 88.5 cm³/mol. The molecule has 0 aliphatic carbocycles. The lowest BCUT2D eigenvalue weighted by molar-refractivity contribution is -0.123.